The van der Waals surface area contributed by atoms with E-state index >= 15 is 0 Å². The fraction of sp³-hybridized carbons (Fsp3) is 0.600. The molecule has 0 spiro atoms. The predicted octanol–water partition coefficient (Wildman–Crippen LogP) is 3.47. The molecule has 17 heavy (non-hydrogen) atoms. The lowest BCUT2D eigenvalue weighted by Crippen LogP contribution is -2.26. The van der Waals surface area contributed by atoms with Crippen LogP contribution in [-0.2, 0) is 11.3 Å². The van der Waals surface area contributed by atoms with Crippen molar-refractivity contribution < 1.29 is 4.84 Å². The van der Waals surface area contributed by atoms with Crippen molar-refractivity contribution in [1.29, 1.82) is 0 Å². The fourth-order valence-electron chi connectivity index (χ4n) is 2.37. The van der Waals surface area contributed by atoms with Crippen molar-refractivity contribution in [2.45, 2.75) is 51.0 Å². The number of hydrogen-bond acceptors (Lipinski definition) is 2. The largest absolute Gasteiger partial charge is 0.299 e. The predicted molar refractivity (Wildman–Crippen MR) is 70.7 cm³/mol. The molecule has 0 amide bonds. The molecule has 1 aromatic carbocycles. The summed E-state index contributed by atoms with van der Waals surface area (Å²) >= 11 is 0. The molecule has 1 aliphatic rings. The van der Waals surface area contributed by atoms with Crippen molar-refractivity contribution in [3.63, 3.8) is 0 Å². The second-order valence-corrected chi connectivity index (χ2v) is 4.86. The maximum Gasteiger partial charge on any atom is 0.0790 e. The van der Waals surface area contributed by atoms with E-state index in [-0.39, 0.29) is 0 Å². The fourth-order valence-corrected chi connectivity index (χ4v) is 2.37. The highest BCUT2D eigenvalue weighted by Crippen LogP contribution is 2.19. The number of benzene rings is 1. The molecule has 2 heteroatoms. The van der Waals surface area contributed by atoms with Crippen LogP contribution in [0.25, 0.3) is 0 Å². The average Bonchev–Trinajstić information content (AvgIpc) is 2.41. The summed E-state index contributed by atoms with van der Waals surface area (Å²) in [5.41, 5.74) is 4.53. The molecule has 0 bridgehead atoms. The van der Waals surface area contributed by atoms with Crippen LogP contribution >= 0.6 is 0 Å². The molecule has 94 valence electrons. The van der Waals surface area contributed by atoms with E-state index in [1.165, 1.54) is 37.7 Å². The molecule has 2 rings (SSSR count). The molecular weight excluding hydrogens is 210 g/mol. The topological polar surface area (TPSA) is 21.3 Å². The lowest BCUT2D eigenvalue weighted by atomic mass is 9.98. The second kappa shape index (κ2) is 7.46. The summed E-state index contributed by atoms with van der Waals surface area (Å²) < 4.78 is 0. The van der Waals surface area contributed by atoms with Gasteiger partial charge < -0.3 is 0 Å². The Kier molecular flexibility index (Phi) is 5.53. The van der Waals surface area contributed by atoms with Crippen LogP contribution in [0.1, 0.15) is 44.1 Å². The van der Waals surface area contributed by atoms with E-state index in [0.29, 0.717) is 6.10 Å². The first-order chi connectivity index (χ1) is 8.45. The molecule has 0 saturated heterocycles. The summed E-state index contributed by atoms with van der Waals surface area (Å²) in [6, 6.07) is 10.6. The van der Waals surface area contributed by atoms with Gasteiger partial charge in [0.1, 0.15) is 0 Å². The van der Waals surface area contributed by atoms with Gasteiger partial charge in [-0.05, 0) is 31.2 Å². The Morgan fingerprint density at radius 3 is 2.59 bits per heavy atom. The standard InChI is InChI=1S/C15H23NO/c1-3-8-14(9-4-1)10-7-13-16-17-15-11-5-2-6-12-15/h1,3-4,8-9,15-16H,2,5-7,10-13H2. The molecule has 0 atom stereocenters. The molecule has 0 heterocycles. The highest BCUT2D eigenvalue weighted by molar-refractivity contribution is 5.14. The number of aryl methyl sites for hydroxylation is 1. The zero-order valence-corrected chi connectivity index (χ0v) is 10.5. The van der Waals surface area contributed by atoms with E-state index in [1.54, 1.807) is 0 Å². The highest BCUT2D eigenvalue weighted by atomic mass is 16.7. The first-order valence-corrected chi connectivity index (χ1v) is 6.87. The van der Waals surface area contributed by atoms with Crippen LogP contribution in [0.4, 0.5) is 0 Å². The highest BCUT2D eigenvalue weighted by Gasteiger charge is 2.13. The summed E-state index contributed by atoms with van der Waals surface area (Å²) in [5, 5.41) is 0. The van der Waals surface area contributed by atoms with Crippen LogP contribution in [-0.4, -0.2) is 12.6 Å². The summed E-state index contributed by atoms with van der Waals surface area (Å²) in [6.45, 7) is 0.950. The van der Waals surface area contributed by atoms with Gasteiger partial charge in [-0.2, -0.15) is 0 Å². The summed E-state index contributed by atoms with van der Waals surface area (Å²) in [7, 11) is 0. The molecule has 0 aliphatic heterocycles. The van der Waals surface area contributed by atoms with Crippen molar-refractivity contribution in [2.75, 3.05) is 6.54 Å². The van der Waals surface area contributed by atoms with Gasteiger partial charge in [0.2, 0.25) is 0 Å². The van der Waals surface area contributed by atoms with Crippen LogP contribution in [0, 0.1) is 0 Å². The number of hydroxylamine groups is 1. The molecule has 1 saturated carbocycles. The van der Waals surface area contributed by atoms with Gasteiger partial charge in [0.25, 0.3) is 0 Å². The number of nitrogens with one attached hydrogen (secondary N) is 1. The van der Waals surface area contributed by atoms with Crippen LogP contribution in [0.15, 0.2) is 30.3 Å². The summed E-state index contributed by atoms with van der Waals surface area (Å²) in [4.78, 5) is 5.67. The second-order valence-electron chi connectivity index (χ2n) is 4.86. The Labute approximate surface area is 104 Å². The molecular formula is C15H23NO. The van der Waals surface area contributed by atoms with Crippen LogP contribution in [0.3, 0.4) is 0 Å². The van der Waals surface area contributed by atoms with Crippen molar-refractivity contribution in [3.8, 4) is 0 Å². The van der Waals surface area contributed by atoms with Crippen molar-refractivity contribution >= 4 is 0 Å². The van der Waals surface area contributed by atoms with E-state index in [4.69, 9.17) is 4.84 Å². The minimum Gasteiger partial charge on any atom is -0.299 e. The Bertz CT molecular complexity index is 293. The quantitative estimate of drug-likeness (QED) is 0.600. The van der Waals surface area contributed by atoms with Crippen LogP contribution in [0.5, 0.6) is 0 Å². The number of rotatable bonds is 6. The minimum atomic E-state index is 0.459. The third-order valence-corrected chi connectivity index (χ3v) is 3.39. The average molecular weight is 233 g/mol. The third-order valence-electron chi connectivity index (χ3n) is 3.39. The van der Waals surface area contributed by atoms with Gasteiger partial charge in [-0.15, -0.1) is 0 Å². The third kappa shape index (κ3) is 4.88. The summed E-state index contributed by atoms with van der Waals surface area (Å²) in [6.07, 6.45) is 9.22. The molecule has 0 unspecified atom stereocenters. The van der Waals surface area contributed by atoms with Gasteiger partial charge in [-0.1, -0.05) is 49.6 Å². The zero-order valence-electron chi connectivity index (χ0n) is 10.5. The molecule has 1 aromatic rings. The molecule has 1 fully saturated rings. The smallest absolute Gasteiger partial charge is 0.0790 e. The van der Waals surface area contributed by atoms with Crippen molar-refractivity contribution in [2.24, 2.45) is 0 Å². The van der Waals surface area contributed by atoms with E-state index in [9.17, 15) is 0 Å². The van der Waals surface area contributed by atoms with E-state index in [1.807, 2.05) is 0 Å². The SMILES string of the molecule is c1ccc(CCCNOC2CCCCC2)cc1. The molecule has 1 aliphatic carbocycles. The van der Waals surface area contributed by atoms with Gasteiger partial charge in [0, 0.05) is 6.54 Å². The van der Waals surface area contributed by atoms with Gasteiger partial charge in [-0.25, -0.2) is 5.48 Å². The van der Waals surface area contributed by atoms with E-state index < -0.39 is 0 Å². The lowest BCUT2D eigenvalue weighted by molar-refractivity contribution is -0.0419. The van der Waals surface area contributed by atoms with Crippen LogP contribution in [0.2, 0.25) is 0 Å². The normalized spacial score (nSPS) is 17.2. The van der Waals surface area contributed by atoms with Gasteiger partial charge in [0.05, 0.1) is 6.10 Å². The first kappa shape index (κ1) is 12.6. The maximum atomic E-state index is 5.67. The number of hydrogen-bond donors (Lipinski definition) is 1. The van der Waals surface area contributed by atoms with E-state index in [2.05, 4.69) is 35.8 Å². The van der Waals surface area contributed by atoms with Crippen molar-refractivity contribution in [3.05, 3.63) is 35.9 Å². The minimum absolute atomic E-state index is 0.459. The van der Waals surface area contributed by atoms with Gasteiger partial charge in [0.15, 0.2) is 0 Å². The van der Waals surface area contributed by atoms with Crippen molar-refractivity contribution in [1.82, 2.24) is 5.48 Å². The van der Waals surface area contributed by atoms with E-state index in [0.717, 1.165) is 19.4 Å². The van der Waals surface area contributed by atoms with Crippen LogP contribution < -0.4 is 5.48 Å². The zero-order chi connectivity index (χ0) is 11.8. The molecule has 1 N–H and O–H groups in total. The Morgan fingerprint density at radius 1 is 1.06 bits per heavy atom. The maximum absolute atomic E-state index is 5.67. The first-order valence-electron chi connectivity index (χ1n) is 6.87. The molecule has 0 aromatic heterocycles. The Hall–Kier alpha value is -0.860. The van der Waals surface area contributed by atoms with Gasteiger partial charge >= 0.3 is 0 Å². The Morgan fingerprint density at radius 2 is 1.82 bits per heavy atom. The Balaban J connectivity index is 1.51. The monoisotopic (exact) mass is 233 g/mol. The lowest BCUT2D eigenvalue weighted by Gasteiger charge is -2.21. The molecule has 0 radical (unpaired) electrons. The summed E-state index contributed by atoms with van der Waals surface area (Å²) in [5.74, 6) is 0. The van der Waals surface area contributed by atoms with Gasteiger partial charge in [-0.3, -0.25) is 4.84 Å². The molecule has 2 nitrogen and oxygen atoms in total.